The molecule has 0 aromatic rings. The van der Waals surface area contributed by atoms with Crippen LogP contribution in [0.5, 0.6) is 0 Å². The van der Waals surface area contributed by atoms with Gasteiger partial charge in [0.2, 0.25) is 0 Å². The van der Waals surface area contributed by atoms with Crippen LogP contribution in [0.15, 0.2) is 23.3 Å². The van der Waals surface area contributed by atoms with Crippen molar-refractivity contribution in [2.45, 2.75) is 34.1 Å². The lowest BCUT2D eigenvalue weighted by atomic mass is 10.1. The smallest absolute Gasteiger partial charge is 0.0348 e. The number of rotatable bonds is 2. The van der Waals surface area contributed by atoms with Crippen molar-refractivity contribution in [3.05, 3.63) is 23.3 Å². The zero-order valence-corrected chi connectivity index (χ0v) is 8.02. The fourth-order valence-corrected chi connectivity index (χ4v) is 0.574. The molecule has 0 spiro atoms. The molecule has 0 bridgehead atoms. The summed E-state index contributed by atoms with van der Waals surface area (Å²) in [7, 11) is 0. The van der Waals surface area contributed by atoms with Gasteiger partial charge in [0.05, 0.1) is 0 Å². The molecule has 0 aromatic heterocycles. The molecule has 11 heavy (non-hydrogen) atoms. The molecule has 0 aromatic carbocycles. The third-order valence-corrected chi connectivity index (χ3v) is 1.49. The van der Waals surface area contributed by atoms with Gasteiger partial charge in [-0.25, -0.2) is 0 Å². The number of terminal acetylenes is 1. The van der Waals surface area contributed by atoms with Crippen LogP contribution >= 0.6 is 0 Å². The van der Waals surface area contributed by atoms with Gasteiger partial charge in [-0.3, -0.25) is 0 Å². The first kappa shape index (κ1) is 12.7. The van der Waals surface area contributed by atoms with Gasteiger partial charge in [0.25, 0.3) is 0 Å². The van der Waals surface area contributed by atoms with Crippen LogP contribution in [-0.2, 0) is 0 Å². The first-order valence-corrected chi connectivity index (χ1v) is 3.84. The third-order valence-electron chi connectivity index (χ3n) is 1.49. The van der Waals surface area contributed by atoms with Crippen LogP contribution in [0.4, 0.5) is 0 Å². The van der Waals surface area contributed by atoms with Crippen LogP contribution in [0.25, 0.3) is 0 Å². The Bertz CT molecular complexity index is 156. The molecule has 0 amide bonds. The third kappa shape index (κ3) is 9.04. The van der Waals surface area contributed by atoms with Crippen LogP contribution in [0.2, 0.25) is 0 Å². The molecule has 0 nitrogen and oxygen atoms in total. The maximum Gasteiger partial charge on any atom is -0.0348 e. The Morgan fingerprint density at radius 2 is 1.73 bits per heavy atom. The second-order valence-corrected chi connectivity index (χ2v) is 2.38. The van der Waals surface area contributed by atoms with Gasteiger partial charge in [-0.2, -0.15) is 0 Å². The van der Waals surface area contributed by atoms with Gasteiger partial charge in [0, 0.05) is 0 Å². The maximum atomic E-state index is 4.00. The SMILES string of the molecule is C#C.C/C=C(C)\C=C(\C)CC. The predicted molar refractivity (Wildman–Crippen MR) is 53.4 cm³/mol. The molecule has 0 saturated heterocycles. The van der Waals surface area contributed by atoms with E-state index < -0.39 is 0 Å². The number of hydrogen-bond donors (Lipinski definition) is 0. The Morgan fingerprint density at radius 1 is 1.27 bits per heavy atom. The summed E-state index contributed by atoms with van der Waals surface area (Å²) < 4.78 is 0. The van der Waals surface area contributed by atoms with Gasteiger partial charge in [-0.1, -0.05) is 30.2 Å². The van der Waals surface area contributed by atoms with Gasteiger partial charge >= 0.3 is 0 Å². The molecule has 0 saturated carbocycles. The zero-order valence-electron chi connectivity index (χ0n) is 8.02. The van der Waals surface area contributed by atoms with Gasteiger partial charge < -0.3 is 0 Å². The van der Waals surface area contributed by atoms with Crippen molar-refractivity contribution in [2.75, 3.05) is 0 Å². The largest absolute Gasteiger partial charge is 0.124 e. The van der Waals surface area contributed by atoms with E-state index in [1.165, 1.54) is 11.1 Å². The molecule has 0 aliphatic rings. The molecule has 0 aliphatic heterocycles. The van der Waals surface area contributed by atoms with E-state index in [0.717, 1.165) is 6.42 Å². The van der Waals surface area contributed by atoms with E-state index in [1.807, 2.05) is 0 Å². The summed E-state index contributed by atoms with van der Waals surface area (Å²) in [5, 5.41) is 0. The van der Waals surface area contributed by atoms with Crippen molar-refractivity contribution in [1.29, 1.82) is 0 Å². The quantitative estimate of drug-likeness (QED) is 0.417. The molecule has 0 heterocycles. The maximum absolute atomic E-state index is 4.00. The summed E-state index contributed by atoms with van der Waals surface area (Å²) in [5.41, 5.74) is 2.81. The van der Waals surface area contributed by atoms with Crippen molar-refractivity contribution in [1.82, 2.24) is 0 Å². The summed E-state index contributed by atoms with van der Waals surface area (Å²) in [6.07, 6.45) is 13.5. The predicted octanol–water partition coefficient (Wildman–Crippen LogP) is 3.56. The topological polar surface area (TPSA) is 0 Å². The van der Waals surface area contributed by atoms with E-state index in [1.54, 1.807) is 0 Å². The zero-order chi connectivity index (χ0) is 9.28. The van der Waals surface area contributed by atoms with Gasteiger partial charge in [0.15, 0.2) is 0 Å². The molecular weight excluding hydrogens is 132 g/mol. The minimum Gasteiger partial charge on any atom is -0.124 e. The van der Waals surface area contributed by atoms with E-state index in [0.29, 0.717) is 0 Å². The Labute approximate surface area is 71.0 Å². The second-order valence-electron chi connectivity index (χ2n) is 2.38. The van der Waals surface area contributed by atoms with E-state index >= 15 is 0 Å². The normalized spacial score (nSPS) is 11.8. The summed E-state index contributed by atoms with van der Waals surface area (Å²) in [6, 6.07) is 0. The van der Waals surface area contributed by atoms with E-state index in [4.69, 9.17) is 0 Å². The van der Waals surface area contributed by atoms with Gasteiger partial charge in [-0.05, 0) is 27.2 Å². The fourth-order valence-electron chi connectivity index (χ4n) is 0.574. The summed E-state index contributed by atoms with van der Waals surface area (Å²) in [6.45, 7) is 8.52. The van der Waals surface area contributed by atoms with E-state index in [9.17, 15) is 0 Å². The van der Waals surface area contributed by atoms with Crippen molar-refractivity contribution >= 4 is 0 Å². The summed E-state index contributed by atoms with van der Waals surface area (Å²) >= 11 is 0. The average Bonchev–Trinajstić information content (AvgIpc) is 2.07. The molecule has 0 radical (unpaired) electrons. The van der Waals surface area contributed by atoms with Crippen LogP contribution in [-0.4, -0.2) is 0 Å². The molecule has 62 valence electrons. The Kier molecular flexibility index (Phi) is 10.4. The highest BCUT2D eigenvalue weighted by molar-refractivity contribution is 5.19. The Balaban J connectivity index is 0. The summed E-state index contributed by atoms with van der Waals surface area (Å²) in [4.78, 5) is 0. The molecule has 0 N–H and O–H groups in total. The van der Waals surface area contributed by atoms with Crippen molar-refractivity contribution in [2.24, 2.45) is 0 Å². The van der Waals surface area contributed by atoms with E-state index in [-0.39, 0.29) is 0 Å². The van der Waals surface area contributed by atoms with Crippen LogP contribution in [0, 0.1) is 12.8 Å². The Hall–Kier alpha value is -0.960. The summed E-state index contributed by atoms with van der Waals surface area (Å²) in [5.74, 6) is 0. The van der Waals surface area contributed by atoms with Crippen molar-refractivity contribution < 1.29 is 0 Å². The second kappa shape index (κ2) is 9.04. The lowest BCUT2D eigenvalue weighted by molar-refractivity contribution is 1.09. The monoisotopic (exact) mass is 150 g/mol. The van der Waals surface area contributed by atoms with Crippen molar-refractivity contribution in [3.63, 3.8) is 0 Å². The number of hydrogen-bond acceptors (Lipinski definition) is 0. The molecule has 0 fully saturated rings. The number of allylic oxidation sites excluding steroid dienone is 4. The fraction of sp³-hybridized carbons (Fsp3) is 0.455. The standard InChI is InChI=1S/C9H16.C2H2/c1-5-8(3)7-9(4)6-2;1-2/h5,7H,6H2,1-4H3;1-2H/b8-5-,9-7-;. The average molecular weight is 150 g/mol. The van der Waals surface area contributed by atoms with Crippen LogP contribution < -0.4 is 0 Å². The van der Waals surface area contributed by atoms with E-state index in [2.05, 4.69) is 52.7 Å². The molecule has 0 aliphatic carbocycles. The highest BCUT2D eigenvalue weighted by Gasteiger charge is 1.82. The molecule has 0 atom stereocenters. The minimum atomic E-state index is 1.16. The first-order chi connectivity index (χ1) is 5.20. The first-order valence-electron chi connectivity index (χ1n) is 3.84. The molecule has 0 heteroatoms. The lowest BCUT2D eigenvalue weighted by Crippen LogP contribution is -1.72. The Morgan fingerprint density at radius 3 is 2.00 bits per heavy atom. The van der Waals surface area contributed by atoms with Crippen LogP contribution in [0.3, 0.4) is 0 Å². The minimum absolute atomic E-state index is 1.16. The van der Waals surface area contributed by atoms with Crippen molar-refractivity contribution in [3.8, 4) is 12.8 Å². The molecule has 0 unspecified atom stereocenters. The molecular formula is C11H18. The highest BCUT2D eigenvalue weighted by atomic mass is 13.9. The molecule has 0 rings (SSSR count). The van der Waals surface area contributed by atoms with Crippen LogP contribution in [0.1, 0.15) is 34.1 Å². The highest BCUT2D eigenvalue weighted by Crippen LogP contribution is 2.03. The lowest BCUT2D eigenvalue weighted by Gasteiger charge is -1.93. The van der Waals surface area contributed by atoms with Gasteiger partial charge in [-0.15, -0.1) is 12.8 Å². The van der Waals surface area contributed by atoms with Gasteiger partial charge in [0.1, 0.15) is 0 Å².